The predicted molar refractivity (Wildman–Crippen MR) is 69.7 cm³/mol. The Morgan fingerprint density at radius 1 is 1.39 bits per heavy atom. The predicted octanol–water partition coefficient (Wildman–Crippen LogP) is 1.85. The molecular formula is C13H13N5. The van der Waals surface area contributed by atoms with E-state index in [2.05, 4.69) is 21.4 Å². The lowest BCUT2D eigenvalue weighted by atomic mass is 10.2. The lowest BCUT2D eigenvalue weighted by Crippen LogP contribution is -2.03. The SMILES string of the molecule is Cc1nccc(CNc2ccc(N)c(C#N)c2)n1. The molecule has 1 heterocycles. The third-order valence-corrected chi connectivity index (χ3v) is 2.48. The van der Waals surface area contributed by atoms with E-state index in [4.69, 9.17) is 11.0 Å². The maximum absolute atomic E-state index is 8.89. The Balaban J connectivity index is 2.09. The molecule has 0 aliphatic heterocycles. The van der Waals surface area contributed by atoms with Crippen LogP contribution in [0.5, 0.6) is 0 Å². The van der Waals surface area contributed by atoms with Crippen LogP contribution in [0.3, 0.4) is 0 Å². The third kappa shape index (κ3) is 2.74. The second kappa shape index (κ2) is 5.15. The molecule has 0 saturated heterocycles. The highest BCUT2D eigenvalue weighted by atomic mass is 14.9. The summed E-state index contributed by atoms with van der Waals surface area (Å²) in [6.45, 7) is 2.43. The highest BCUT2D eigenvalue weighted by Crippen LogP contribution is 2.17. The van der Waals surface area contributed by atoms with Crippen molar-refractivity contribution < 1.29 is 0 Å². The number of nitrogens with one attached hydrogen (secondary N) is 1. The van der Waals surface area contributed by atoms with E-state index < -0.39 is 0 Å². The summed E-state index contributed by atoms with van der Waals surface area (Å²) in [6, 6.07) is 9.18. The molecule has 0 atom stereocenters. The number of nitrogen functional groups attached to an aromatic ring is 1. The van der Waals surface area contributed by atoms with Gasteiger partial charge in [-0.25, -0.2) is 9.97 Å². The first-order valence-corrected chi connectivity index (χ1v) is 5.51. The topological polar surface area (TPSA) is 87.6 Å². The Morgan fingerprint density at radius 3 is 2.94 bits per heavy atom. The number of aryl methyl sites for hydroxylation is 1. The fraction of sp³-hybridized carbons (Fsp3) is 0.154. The number of benzene rings is 1. The Labute approximate surface area is 105 Å². The highest BCUT2D eigenvalue weighted by Gasteiger charge is 2.01. The van der Waals surface area contributed by atoms with E-state index in [9.17, 15) is 0 Å². The van der Waals surface area contributed by atoms with E-state index in [-0.39, 0.29) is 0 Å². The standard InChI is InChI=1S/C13H13N5/c1-9-16-5-4-12(18-9)8-17-11-2-3-13(15)10(6-11)7-14/h2-6,17H,8,15H2,1H3. The molecule has 1 aromatic carbocycles. The van der Waals surface area contributed by atoms with Crippen molar-refractivity contribution in [3.05, 3.63) is 47.5 Å². The lowest BCUT2D eigenvalue weighted by molar-refractivity contribution is 0.955. The van der Waals surface area contributed by atoms with E-state index in [1.54, 1.807) is 18.3 Å². The summed E-state index contributed by atoms with van der Waals surface area (Å²) < 4.78 is 0. The minimum absolute atomic E-state index is 0.471. The van der Waals surface area contributed by atoms with Crippen LogP contribution in [0, 0.1) is 18.3 Å². The zero-order valence-electron chi connectivity index (χ0n) is 10.0. The van der Waals surface area contributed by atoms with Crippen molar-refractivity contribution >= 4 is 11.4 Å². The van der Waals surface area contributed by atoms with Gasteiger partial charge in [-0.1, -0.05) is 0 Å². The van der Waals surface area contributed by atoms with Gasteiger partial charge in [-0.3, -0.25) is 0 Å². The van der Waals surface area contributed by atoms with Crippen LogP contribution >= 0.6 is 0 Å². The third-order valence-electron chi connectivity index (χ3n) is 2.48. The average molecular weight is 239 g/mol. The number of nitriles is 1. The van der Waals surface area contributed by atoms with Crippen LogP contribution in [0.4, 0.5) is 11.4 Å². The summed E-state index contributed by atoms with van der Waals surface area (Å²) in [5.41, 5.74) is 8.36. The van der Waals surface area contributed by atoms with E-state index >= 15 is 0 Å². The van der Waals surface area contributed by atoms with Crippen LogP contribution in [-0.2, 0) is 6.54 Å². The molecule has 5 heteroatoms. The number of aromatic nitrogens is 2. The molecule has 5 nitrogen and oxygen atoms in total. The van der Waals surface area contributed by atoms with Gasteiger partial charge in [0.15, 0.2) is 0 Å². The van der Waals surface area contributed by atoms with Gasteiger partial charge in [0.2, 0.25) is 0 Å². The molecule has 1 aromatic heterocycles. The van der Waals surface area contributed by atoms with E-state index in [1.165, 1.54) is 0 Å². The van der Waals surface area contributed by atoms with Gasteiger partial charge in [0.1, 0.15) is 11.9 Å². The van der Waals surface area contributed by atoms with E-state index in [0.29, 0.717) is 17.8 Å². The largest absolute Gasteiger partial charge is 0.398 e. The van der Waals surface area contributed by atoms with Crippen LogP contribution in [0.2, 0.25) is 0 Å². The maximum Gasteiger partial charge on any atom is 0.125 e. The molecule has 3 N–H and O–H groups in total. The fourth-order valence-corrected chi connectivity index (χ4v) is 1.56. The Hall–Kier alpha value is -2.61. The molecule has 0 fully saturated rings. The smallest absolute Gasteiger partial charge is 0.125 e. The number of nitrogens with two attached hydrogens (primary N) is 1. The molecule has 0 aliphatic carbocycles. The fourth-order valence-electron chi connectivity index (χ4n) is 1.56. The van der Waals surface area contributed by atoms with E-state index in [1.807, 2.05) is 19.1 Å². The van der Waals surface area contributed by atoms with Crippen molar-refractivity contribution in [1.29, 1.82) is 5.26 Å². The summed E-state index contributed by atoms with van der Waals surface area (Å²) in [4.78, 5) is 8.32. The molecule has 0 amide bonds. The number of anilines is 2. The van der Waals surface area contributed by atoms with Gasteiger partial charge in [0.05, 0.1) is 17.8 Å². The minimum Gasteiger partial charge on any atom is -0.398 e. The van der Waals surface area contributed by atoms with Crippen molar-refractivity contribution in [3.63, 3.8) is 0 Å². The van der Waals surface area contributed by atoms with E-state index in [0.717, 1.165) is 17.2 Å². The van der Waals surface area contributed by atoms with Gasteiger partial charge in [0.25, 0.3) is 0 Å². The van der Waals surface area contributed by atoms with Gasteiger partial charge in [-0.15, -0.1) is 0 Å². The molecule has 0 unspecified atom stereocenters. The maximum atomic E-state index is 8.89. The van der Waals surface area contributed by atoms with Gasteiger partial charge >= 0.3 is 0 Å². The first-order valence-electron chi connectivity index (χ1n) is 5.51. The summed E-state index contributed by atoms with van der Waals surface area (Å²) in [5.74, 6) is 0.740. The molecule has 0 saturated carbocycles. The Bertz CT molecular complexity index is 601. The minimum atomic E-state index is 0.471. The number of rotatable bonds is 3. The van der Waals surface area contributed by atoms with Crippen LogP contribution in [0.1, 0.15) is 17.1 Å². The lowest BCUT2D eigenvalue weighted by Gasteiger charge is -2.07. The Kier molecular flexibility index (Phi) is 3.39. The zero-order valence-corrected chi connectivity index (χ0v) is 10.0. The van der Waals surface area contributed by atoms with Gasteiger partial charge < -0.3 is 11.1 Å². The Morgan fingerprint density at radius 2 is 2.22 bits per heavy atom. The monoisotopic (exact) mass is 239 g/mol. The molecule has 0 spiro atoms. The molecule has 0 aliphatic rings. The number of hydrogen-bond donors (Lipinski definition) is 2. The number of nitrogens with zero attached hydrogens (tertiary/aromatic N) is 3. The van der Waals surface area contributed by atoms with Crippen molar-refractivity contribution in [2.45, 2.75) is 13.5 Å². The van der Waals surface area contributed by atoms with Gasteiger partial charge in [0, 0.05) is 17.6 Å². The van der Waals surface area contributed by atoms with Crippen LogP contribution < -0.4 is 11.1 Å². The first kappa shape index (κ1) is 11.9. The van der Waals surface area contributed by atoms with Gasteiger partial charge in [-0.05, 0) is 31.2 Å². The summed E-state index contributed by atoms with van der Waals surface area (Å²) in [5, 5.41) is 12.1. The van der Waals surface area contributed by atoms with Crippen molar-refractivity contribution in [2.24, 2.45) is 0 Å². The van der Waals surface area contributed by atoms with Crippen LogP contribution in [0.25, 0.3) is 0 Å². The molecule has 2 aromatic rings. The summed E-state index contributed by atoms with van der Waals surface area (Å²) in [7, 11) is 0. The normalized spacial score (nSPS) is 9.78. The first-order chi connectivity index (χ1) is 8.69. The summed E-state index contributed by atoms with van der Waals surface area (Å²) >= 11 is 0. The van der Waals surface area contributed by atoms with Crippen LogP contribution in [-0.4, -0.2) is 9.97 Å². The molecule has 2 rings (SSSR count). The van der Waals surface area contributed by atoms with Crippen molar-refractivity contribution in [1.82, 2.24) is 9.97 Å². The molecular weight excluding hydrogens is 226 g/mol. The molecule has 0 radical (unpaired) electrons. The average Bonchev–Trinajstić information content (AvgIpc) is 2.38. The highest BCUT2D eigenvalue weighted by molar-refractivity contribution is 5.61. The summed E-state index contributed by atoms with van der Waals surface area (Å²) in [6.07, 6.45) is 1.73. The zero-order chi connectivity index (χ0) is 13.0. The second-order valence-corrected chi connectivity index (χ2v) is 3.86. The molecule has 90 valence electrons. The molecule has 18 heavy (non-hydrogen) atoms. The number of hydrogen-bond acceptors (Lipinski definition) is 5. The van der Waals surface area contributed by atoms with Crippen LogP contribution in [0.15, 0.2) is 30.5 Å². The second-order valence-electron chi connectivity index (χ2n) is 3.86. The molecule has 0 bridgehead atoms. The van der Waals surface area contributed by atoms with Gasteiger partial charge in [-0.2, -0.15) is 5.26 Å². The van der Waals surface area contributed by atoms with Crippen molar-refractivity contribution in [3.8, 4) is 6.07 Å². The quantitative estimate of drug-likeness (QED) is 0.798. The van der Waals surface area contributed by atoms with Crippen molar-refractivity contribution in [2.75, 3.05) is 11.1 Å².